The maximum Gasteiger partial charge on any atom is 0.271 e. The number of sulfonamides is 1. The number of hydrogen-bond acceptors (Lipinski definition) is 6. The third-order valence-corrected chi connectivity index (χ3v) is 6.40. The summed E-state index contributed by atoms with van der Waals surface area (Å²) in [4.78, 5) is 25.3. The summed E-state index contributed by atoms with van der Waals surface area (Å²) < 4.78 is 25.3. The summed E-state index contributed by atoms with van der Waals surface area (Å²) in [5, 5.41) is 13.8. The smallest absolute Gasteiger partial charge is 0.271 e. The van der Waals surface area contributed by atoms with Crippen molar-refractivity contribution in [2.24, 2.45) is 0 Å². The van der Waals surface area contributed by atoms with E-state index in [1.807, 2.05) is 31.2 Å². The summed E-state index contributed by atoms with van der Waals surface area (Å²) in [5.41, 5.74) is 1.86. The van der Waals surface area contributed by atoms with Crippen molar-refractivity contribution in [2.75, 3.05) is 35.1 Å². The minimum absolute atomic E-state index is 0.0643. The van der Waals surface area contributed by atoms with E-state index in [-0.39, 0.29) is 17.4 Å². The van der Waals surface area contributed by atoms with Crippen LogP contribution in [0.4, 0.5) is 17.1 Å². The van der Waals surface area contributed by atoms with Gasteiger partial charge in [0.15, 0.2) is 0 Å². The molecule has 1 saturated heterocycles. The standard InChI is InChI=1S/C21H26N4O5S/c1-16(17-8-10-18(11-9-17)23-12-3-4-13-23)22-21(26)15-24(31(2,29)30)19-6-5-7-20(14-19)25(27)28/h5-11,14,16H,3-4,12-13,15H2,1-2H3,(H,22,26). The molecule has 0 saturated carbocycles. The van der Waals surface area contributed by atoms with Crippen molar-refractivity contribution in [3.8, 4) is 0 Å². The summed E-state index contributed by atoms with van der Waals surface area (Å²) in [7, 11) is -3.83. The van der Waals surface area contributed by atoms with Crippen LogP contribution in [0.5, 0.6) is 0 Å². The first kappa shape index (κ1) is 22.5. The van der Waals surface area contributed by atoms with E-state index in [2.05, 4.69) is 10.2 Å². The van der Waals surface area contributed by atoms with Crippen LogP contribution in [0.25, 0.3) is 0 Å². The number of carbonyl (C=O) groups is 1. The molecule has 0 spiro atoms. The predicted molar refractivity (Wildman–Crippen MR) is 120 cm³/mol. The second kappa shape index (κ2) is 9.34. The Bertz CT molecular complexity index is 1050. The topological polar surface area (TPSA) is 113 Å². The van der Waals surface area contributed by atoms with E-state index in [4.69, 9.17) is 0 Å². The fourth-order valence-corrected chi connectivity index (χ4v) is 4.46. The van der Waals surface area contributed by atoms with Crippen LogP contribution in [0.1, 0.15) is 31.4 Å². The molecule has 0 aliphatic carbocycles. The van der Waals surface area contributed by atoms with Gasteiger partial charge < -0.3 is 10.2 Å². The number of rotatable bonds is 8. The van der Waals surface area contributed by atoms with Crippen molar-refractivity contribution < 1.29 is 18.1 Å². The summed E-state index contributed by atoms with van der Waals surface area (Å²) in [6.07, 6.45) is 3.34. The normalized spacial score (nSPS) is 14.8. The van der Waals surface area contributed by atoms with E-state index < -0.39 is 27.4 Å². The Balaban J connectivity index is 1.69. The molecule has 1 atom stereocenters. The quantitative estimate of drug-likeness (QED) is 0.493. The van der Waals surface area contributed by atoms with Gasteiger partial charge >= 0.3 is 0 Å². The SMILES string of the molecule is CC(NC(=O)CN(c1cccc([N+](=O)[O-])c1)S(C)(=O)=O)c1ccc(N2CCCC2)cc1. The Morgan fingerprint density at radius 1 is 1.19 bits per heavy atom. The Morgan fingerprint density at radius 3 is 2.42 bits per heavy atom. The van der Waals surface area contributed by atoms with Gasteiger partial charge in [0, 0.05) is 30.9 Å². The monoisotopic (exact) mass is 446 g/mol. The molecule has 1 aliphatic rings. The molecule has 31 heavy (non-hydrogen) atoms. The lowest BCUT2D eigenvalue weighted by Gasteiger charge is -2.23. The van der Waals surface area contributed by atoms with Crippen molar-refractivity contribution in [1.82, 2.24) is 5.32 Å². The molecule has 9 nitrogen and oxygen atoms in total. The number of benzene rings is 2. The Morgan fingerprint density at radius 2 is 1.84 bits per heavy atom. The van der Waals surface area contributed by atoms with Crippen molar-refractivity contribution >= 4 is 33.0 Å². The van der Waals surface area contributed by atoms with Crippen LogP contribution in [0.2, 0.25) is 0 Å². The Hall–Kier alpha value is -3.14. The van der Waals surface area contributed by atoms with E-state index in [0.717, 1.165) is 41.0 Å². The summed E-state index contributed by atoms with van der Waals surface area (Å²) in [5.74, 6) is -0.506. The minimum atomic E-state index is -3.83. The maximum atomic E-state index is 12.6. The van der Waals surface area contributed by atoms with Crippen LogP contribution < -0.4 is 14.5 Å². The lowest BCUT2D eigenvalue weighted by Crippen LogP contribution is -2.41. The molecule has 0 radical (unpaired) electrons. The zero-order valence-corrected chi connectivity index (χ0v) is 18.3. The Kier molecular flexibility index (Phi) is 6.79. The third kappa shape index (κ3) is 5.72. The highest BCUT2D eigenvalue weighted by Crippen LogP contribution is 2.24. The van der Waals surface area contributed by atoms with Crippen LogP contribution in [-0.4, -0.2) is 45.1 Å². The van der Waals surface area contributed by atoms with Gasteiger partial charge in [-0.05, 0) is 43.5 Å². The summed E-state index contributed by atoms with van der Waals surface area (Å²) >= 11 is 0. The second-order valence-electron chi connectivity index (χ2n) is 7.62. The number of nitro groups is 1. The number of anilines is 2. The van der Waals surface area contributed by atoms with E-state index in [1.165, 1.54) is 31.0 Å². The van der Waals surface area contributed by atoms with Crippen LogP contribution in [0, 0.1) is 10.1 Å². The van der Waals surface area contributed by atoms with Crippen molar-refractivity contribution in [2.45, 2.75) is 25.8 Å². The van der Waals surface area contributed by atoms with E-state index in [0.29, 0.717) is 0 Å². The molecular formula is C21H26N4O5S. The molecule has 1 fully saturated rings. The lowest BCUT2D eigenvalue weighted by molar-refractivity contribution is -0.384. The first-order valence-corrected chi connectivity index (χ1v) is 11.9. The van der Waals surface area contributed by atoms with Crippen LogP contribution in [-0.2, 0) is 14.8 Å². The molecule has 0 aromatic heterocycles. The highest BCUT2D eigenvalue weighted by atomic mass is 32.2. The van der Waals surface area contributed by atoms with E-state index >= 15 is 0 Å². The number of nitrogens with one attached hydrogen (secondary N) is 1. The number of nitrogens with zero attached hydrogens (tertiary/aromatic N) is 3. The van der Waals surface area contributed by atoms with Gasteiger partial charge in [0.25, 0.3) is 5.69 Å². The minimum Gasteiger partial charge on any atom is -0.372 e. The predicted octanol–water partition coefficient (Wildman–Crippen LogP) is 2.84. The van der Waals surface area contributed by atoms with Gasteiger partial charge in [0.1, 0.15) is 6.54 Å². The van der Waals surface area contributed by atoms with Crippen molar-refractivity contribution in [1.29, 1.82) is 0 Å². The molecule has 3 rings (SSSR count). The number of amides is 1. The fraction of sp³-hybridized carbons (Fsp3) is 0.381. The average molecular weight is 447 g/mol. The summed E-state index contributed by atoms with van der Waals surface area (Å²) in [6, 6.07) is 12.8. The molecule has 0 bridgehead atoms. The van der Waals surface area contributed by atoms with Crippen LogP contribution >= 0.6 is 0 Å². The summed E-state index contributed by atoms with van der Waals surface area (Å²) in [6.45, 7) is 3.44. The maximum absolute atomic E-state index is 12.6. The van der Waals surface area contributed by atoms with Gasteiger partial charge in [-0.25, -0.2) is 8.42 Å². The highest BCUT2D eigenvalue weighted by molar-refractivity contribution is 7.92. The molecule has 2 aromatic carbocycles. The van der Waals surface area contributed by atoms with Gasteiger partial charge in [-0.15, -0.1) is 0 Å². The molecule has 10 heteroatoms. The van der Waals surface area contributed by atoms with Crippen LogP contribution in [0.3, 0.4) is 0 Å². The van der Waals surface area contributed by atoms with Gasteiger partial charge in [-0.2, -0.15) is 0 Å². The molecule has 1 aliphatic heterocycles. The average Bonchev–Trinajstić information content (AvgIpc) is 3.26. The number of hydrogen-bond donors (Lipinski definition) is 1. The molecule has 1 N–H and O–H groups in total. The van der Waals surface area contributed by atoms with Crippen molar-refractivity contribution in [3.05, 3.63) is 64.2 Å². The first-order valence-electron chi connectivity index (χ1n) is 10.0. The number of non-ortho nitro benzene ring substituents is 1. The molecule has 166 valence electrons. The van der Waals surface area contributed by atoms with Gasteiger partial charge in [-0.1, -0.05) is 18.2 Å². The zero-order chi connectivity index (χ0) is 22.6. The Labute approximate surface area is 181 Å². The molecule has 2 aromatic rings. The highest BCUT2D eigenvalue weighted by Gasteiger charge is 2.23. The van der Waals surface area contributed by atoms with Gasteiger partial charge in [-0.3, -0.25) is 19.2 Å². The lowest BCUT2D eigenvalue weighted by atomic mass is 10.1. The van der Waals surface area contributed by atoms with E-state index in [9.17, 15) is 23.3 Å². The van der Waals surface area contributed by atoms with Crippen molar-refractivity contribution in [3.63, 3.8) is 0 Å². The number of nitro benzene ring substituents is 1. The molecule has 1 amide bonds. The molecule has 1 heterocycles. The fourth-order valence-electron chi connectivity index (χ4n) is 3.61. The first-order chi connectivity index (χ1) is 14.6. The van der Waals surface area contributed by atoms with E-state index in [1.54, 1.807) is 0 Å². The van der Waals surface area contributed by atoms with Gasteiger partial charge in [0.05, 0.1) is 22.9 Å². The van der Waals surface area contributed by atoms with Crippen LogP contribution in [0.15, 0.2) is 48.5 Å². The van der Waals surface area contributed by atoms with Gasteiger partial charge in [0.2, 0.25) is 15.9 Å². The molecular weight excluding hydrogens is 420 g/mol. The second-order valence-corrected chi connectivity index (χ2v) is 9.53. The third-order valence-electron chi connectivity index (χ3n) is 5.26. The largest absolute Gasteiger partial charge is 0.372 e. The zero-order valence-electron chi connectivity index (χ0n) is 17.5. The molecule has 1 unspecified atom stereocenters. The number of carbonyl (C=O) groups excluding carboxylic acids is 1.